The van der Waals surface area contributed by atoms with Gasteiger partial charge in [-0.1, -0.05) is 36.4 Å². The summed E-state index contributed by atoms with van der Waals surface area (Å²) >= 11 is 0. The minimum absolute atomic E-state index is 0.0894. The first-order chi connectivity index (χ1) is 18.9. The lowest BCUT2D eigenvalue weighted by Crippen LogP contribution is -2.31. The molecule has 0 aliphatic rings. The van der Waals surface area contributed by atoms with Crippen molar-refractivity contribution in [2.24, 2.45) is 0 Å². The van der Waals surface area contributed by atoms with Crippen molar-refractivity contribution in [2.75, 3.05) is 18.5 Å². The van der Waals surface area contributed by atoms with Crippen LogP contribution in [0.1, 0.15) is 41.8 Å². The van der Waals surface area contributed by atoms with Gasteiger partial charge in [0.15, 0.2) is 11.9 Å². The molecule has 0 aromatic heterocycles. The van der Waals surface area contributed by atoms with Crippen molar-refractivity contribution in [2.45, 2.75) is 32.0 Å². The van der Waals surface area contributed by atoms with Crippen LogP contribution in [0, 0.1) is 0 Å². The minimum Gasteiger partial charge on any atom is -0.491 e. The van der Waals surface area contributed by atoms with Crippen molar-refractivity contribution in [3.63, 3.8) is 0 Å². The number of Topliss-reactive ketones (excluding diaryl/α,β-unsaturated/α-hetero) is 1. The standard InChI is InChI=1S/C30H31NO8/c1-21(33)22-11-15-24(16-12-22)31-30(36)39-29(23-13-17-25(18-14-23)37-20-19-32)27(9-5-6-10-28(34)35)38-26-7-3-2-4-8-26/h2-4,6-8,10-18,27,29,32H,5,9,19-20H2,1H3,(H,31,36)(H,34,35)/b10-6+/t27-,29-/m1/s1. The number of nitrogens with one attached hydrogen (secondary N) is 1. The molecule has 0 heterocycles. The molecule has 0 saturated carbocycles. The summed E-state index contributed by atoms with van der Waals surface area (Å²) in [4.78, 5) is 35.5. The van der Waals surface area contributed by atoms with Crippen molar-refractivity contribution in [3.05, 3.63) is 102 Å². The number of carbonyl (C=O) groups is 3. The van der Waals surface area contributed by atoms with Gasteiger partial charge in [-0.3, -0.25) is 10.1 Å². The number of aliphatic hydroxyl groups is 1. The van der Waals surface area contributed by atoms with E-state index in [0.717, 1.165) is 6.08 Å². The molecular weight excluding hydrogens is 502 g/mol. The third-order valence-electron chi connectivity index (χ3n) is 5.59. The van der Waals surface area contributed by atoms with Crippen LogP contribution in [0.5, 0.6) is 11.5 Å². The fourth-order valence-corrected chi connectivity index (χ4v) is 3.72. The number of amides is 1. The summed E-state index contributed by atoms with van der Waals surface area (Å²) in [7, 11) is 0. The maximum absolute atomic E-state index is 13.0. The number of anilines is 1. The predicted molar refractivity (Wildman–Crippen MR) is 145 cm³/mol. The summed E-state index contributed by atoms with van der Waals surface area (Å²) in [6.07, 6.45) is 0.970. The van der Waals surface area contributed by atoms with Crippen LogP contribution in [0.15, 0.2) is 91.0 Å². The number of carboxylic acid groups (broad SMARTS) is 1. The Kier molecular flexibility index (Phi) is 11.1. The van der Waals surface area contributed by atoms with Gasteiger partial charge in [0, 0.05) is 17.3 Å². The van der Waals surface area contributed by atoms with Gasteiger partial charge in [-0.15, -0.1) is 0 Å². The average molecular weight is 534 g/mol. The Morgan fingerprint density at radius 1 is 0.923 bits per heavy atom. The Morgan fingerprint density at radius 3 is 2.23 bits per heavy atom. The lowest BCUT2D eigenvalue weighted by atomic mass is 10.00. The first kappa shape index (κ1) is 28.9. The number of aliphatic hydroxyl groups excluding tert-OH is 1. The summed E-state index contributed by atoms with van der Waals surface area (Å²) < 4.78 is 17.6. The molecule has 0 radical (unpaired) electrons. The van der Waals surface area contributed by atoms with E-state index in [0.29, 0.717) is 41.2 Å². The summed E-state index contributed by atoms with van der Waals surface area (Å²) in [5.41, 5.74) is 1.58. The Balaban J connectivity index is 1.87. The van der Waals surface area contributed by atoms with E-state index in [2.05, 4.69) is 5.32 Å². The topological polar surface area (TPSA) is 131 Å². The molecule has 3 aromatic carbocycles. The molecule has 2 atom stereocenters. The number of para-hydroxylation sites is 1. The number of allylic oxidation sites excluding steroid dienone is 1. The Hall–Kier alpha value is -4.63. The van der Waals surface area contributed by atoms with Crippen LogP contribution in [0.3, 0.4) is 0 Å². The van der Waals surface area contributed by atoms with Crippen LogP contribution in [0.25, 0.3) is 0 Å². The maximum Gasteiger partial charge on any atom is 0.412 e. The number of hydrogen-bond donors (Lipinski definition) is 3. The van der Waals surface area contributed by atoms with Gasteiger partial charge in [-0.2, -0.15) is 0 Å². The molecule has 0 bridgehead atoms. The highest BCUT2D eigenvalue weighted by molar-refractivity contribution is 5.95. The first-order valence-corrected chi connectivity index (χ1v) is 12.4. The molecule has 0 spiro atoms. The number of carboxylic acids is 1. The number of ether oxygens (including phenoxy) is 3. The van der Waals surface area contributed by atoms with Gasteiger partial charge in [0.1, 0.15) is 24.2 Å². The Labute approximate surface area is 226 Å². The number of carbonyl (C=O) groups excluding carboxylic acids is 2. The van der Waals surface area contributed by atoms with Crippen molar-refractivity contribution in [3.8, 4) is 11.5 Å². The van der Waals surface area contributed by atoms with Gasteiger partial charge < -0.3 is 24.4 Å². The van der Waals surface area contributed by atoms with Gasteiger partial charge in [-0.25, -0.2) is 9.59 Å². The zero-order valence-corrected chi connectivity index (χ0v) is 21.5. The highest BCUT2D eigenvalue weighted by atomic mass is 16.6. The molecule has 204 valence electrons. The van der Waals surface area contributed by atoms with Crippen LogP contribution in [0.4, 0.5) is 10.5 Å². The van der Waals surface area contributed by atoms with E-state index in [9.17, 15) is 14.4 Å². The number of rotatable bonds is 14. The Morgan fingerprint density at radius 2 is 1.62 bits per heavy atom. The number of ketones is 1. The molecule has 0 aliphatic heterocycles. The van der Waals surface area contributed by atoms with Crippen molar-refractivity contribution < 1.29 is 38.8 Å². The lowest BCUT2D eigenvalue weighted by molar-refractivity contribution is -0.131. The molecule has 0 saturated heterocycles. The van der Waals surface area contributed by atoms with E-state index >= 15 is 0 Å². The van der Waals surface area contributed by atoms with Crippen LogP contribution in [-0.4, -0.2) is 47.4 Å². The zero-order chi connectivity index (χ0) is 28.0. The van der Waals surface area contributed by atoms with Crippen LogP contribution in [-0.2, 0) is 9.53 Å². The van der Waals surface area contributed by atoms with Crippen molar-refractivity contribution in [1.29, 1.82) is 0 Å². The molecule has 39 heavy (non-hydrogen) atoms. The quantitative estimate of drug-likeness (QED) is 0.185. The second-order valence-corrected chi connectivity index (χ2v) is 8.51. The van der Waals surface area contributed by atoms with E-state index in [4.69, 9.17) is 24.4 Å². The van der Waals surface area contributed by atoms with Gasteiger partial charge in [0.2, 0.25) is 0 Å². The summed E-state index contributed by atoms with van der Waals surface area (Å²) in [6.45, 7) is 1.47. The maximum atomic E-state index is 13.0. The van der Waals surface area contributed by atoms with Gasteiger partial charge in [0.05, 0.1) is 6.61 Å². The molecular formula is C30H31NO8. The largest absolute Gasteiger partial charge is 0.491 e. The van der Waals surface area contributed by atoms with Crippen LogP contribution < -0.4 is 14.8 Å². The van der Waals surface area contributed by atoms with E-state index in [1.165, 1.54) is 13.0 Å². The van der Waals surface area contributed by atoms with Crippen molar-refractivity contribution in [1.82, 2.24) is 0 Å². The smallest absolute Gasteiger partial charge is 0.412 e. The molecule has 9 heteroatoms. The van der Waals surface area contributed by atoms with Gasteiger partial charge in [0.25, 0.3) is 0 Å². The molecule has 0 unspecified atom stereocenters. The molecule has 3 N–H and O–H groups in total. The van der Waals surface area contributed by atoms with Crippen LogP contribution >= 0.6 is 0 Å². The second kappa shape index (κ2) is 14.9. The van der Waals surface area contributed by atoms with E-state index in [1.807, 2.05) is 18.2 Å². The number of aliphatic carboxylic acids is 1. The molecule has 3 rings (SSSR count). The highest BCUT2D eigenvalue weighted by Gasteiger charge is 2.29. The van der Waals surface area contributed by atoms with Gasteiger partial charge >= 0.3 is 12.1 Å². The predicted octanol–water partition coefficient (Wildman–Crippen LogP) is 5.42. The fraction of sp³-hybridized carbons (Fsp3) is 0.233. The Bertz CT molecular complexity index is 1240. The van der Waals surface area contributed by atoms with E-state index in [-0.39, 0.29) is 19.0 Å². The third kappa shape index (κ3) is 9.64. The molecule has 0 aliphatic carbocycles. The highest BCUT2D eigenvalue weighted by Crippen LogP contribution is 2.30. The molecule has 9 nitrogen and oxygen atoms in total. The minimum atomic E-state index is -1.06. The summed E-state index contributed by atoms with van der Waals surface area (Å²) in [5, 5.41) is 20.6. The molecule has 1 amide bonds. The second-order valence-electron chi connectivity index (χ2n) is 8.51. The fourth-order valence-electron chi connectivity index (χ4n) is 3.72. The third-order valence-corrected chi connectivity index (χ3v) is 5.59. The van der Waals surface area contributed by atoms with Crippen LogP contribution in [0.2, 0.25) is 0 Å². The monoisotopic (exact) mass is 533 g/mol. The van der Waals surface area contributed by atoms with Gasteiger partial charge in [-0.05, 0) is 73.9 Å². The zero-order valence-electron chi connectivity index (χ0n) is 21.5. The summed E-state index contributed by atoms with van der Waals surface area (Å²) in [6, 6.07) is 22.3. The lowest BCUT2D eigenvalue weighted by Gasteiger charge is -2.28. The number of hydrogen-bond acceptors (Lipinski definition) is 7. The summed E-state index contributed by atoms with van der Waals surface area (Å²) in [5.74, 6) is -0.0571. The molecule has 0 fully saturated rings. The first-order valence-electron chi connectivity index (χ1n) is 12.4. The average Bonchev–Trinajstić information content (AvgIpc) is 2.93. The van der Waals surface area contributed by atoms with Crippen molar-refractivity contribution >= 4 is 23.5 Å². The normalized spacial score (nSPS) is 12.4. The SMILES string of the molecule is CC(=O)c1ccc(NC(=O)O[C@H](c2ccc(OCCO)cc2)[C@@H](CC/C=C/C(=O)O)Oc2ccccc2)cc1. The van der Waals surface area contributed by atoms with E-state index < -0.39 is 24.3 Å². The van der Waals surface area contributed by atoms with E-state index in [1.54, 1.807) is 60.7 Å². The molecule has 3 aromatic rings. The number of benzene rings is 3.